The van der Waals surface area contributed by atoms with E-state index >= 15 is 0 Å². The maximum Gasteiger partial charge on any atom is 0.128 e. The molecule has 1 fully saturated rings. The summed E-state index contributed by atoms with van der Waals surface area (Å²) < 4.78 is 5.43. The molecule has 1 heterocycles. The standard InChI is InChI=1S/C17H27NO2/c1-12-11-18-16(13(2)17(12)20-3)10-15(19)9-14-7-5-4-6-8-14/h11,14-15,19H,4-10H2,1-3H3. The number of nitrogens with zero attached hydrogens (tertiary/aromatic N) is 1. The Morgan fingerprint density at radius 3 is 2.65 bits per heavy atom. The van der Waals surface area contributed by atoms with Crippen molar-refractivity contribution >= 4 is 0 Å². The van der Waals surface area contributed by atoms with E-state index in [1.54, 1.807) is 7.11 Å². The van der Waals surface area contributed by atoms with Crippen LogP contribution in [0.2, 0.25) is 0 Å². The molecule has 20 heavy (non-hydrogen) atoms. The van der Waals surface area contributed by atoms with E-state index in [2.05, 4.69) is 4.98 Å². The molecule has 1 atom stereocenters. The molecule has 2 rings (SSSR count). The maximum atomic E-state index is 10.3. The van der Waals surface area contributed by atoms with Gasteiger partial charge in [0.15, 0.2) is 0 Å². The molecule has 0 aromatic carbocycles. The highest BCUT2D eigenvalue weighted by molar-refractivity contribution is 5.41. The summed E-state index contributed by atoms with van der Waals surface area (Å²) in [6.45, 7) is 4.03. The molecule has 1 unspecified atom stereocenters. The monoisotopic (exact) mass is 277 g/mol. The third kappa shape index (κ3) is 3.72. The van der Waals surface area contributed by atoms with Gasteiger partial charge >= 0.3 is 0 Å². The minimum Gasteiger partial charge on any atom is -0.496 e. The van der Waals surface area contributed by atoms with Gasteiger partial charge in [-0.3, -0.25) is 4.98 Å². The van der Waals surface area contributed by atoms with Crippen LogP contribution in [0.1, 0.15) is 55.3 Å². The molecule has 3 nitrogen and oxygen atoms in total. The van der Waals surface area contributed by atoms with Crippen LogP contribution in [-0.4, -0.2) is 23.3 Å². The lowest BCUT2D eigenvalue weighted by atomic mass is 9.84. The van der Waals surface area contributed by atoms with E-state index in [-0.39, 0.29) is 6.10 Å². The number of hydrogen-bond acceptors (Lipinski definition) is 3. The molecule has 0 aliphatic heterocycles. The zero-order valence-corrected chi connectivity index (χ0v) is 13.0. The first-order valence-electron chi connectivity index (χ1n) is 7.79. The van der Waals surface area contributed by atoms with E-state index in [0.717, 1.165) is 29.0 Å². The summed E-state index contributed by atoms with van der Waals surface area (Å²) in [6, 6.07) is 0. The first-order chi connectivity index (χ1) is 9.61. The Morgan fingerprint density at radius 2 is 2.00 bits per heavy atom. The van der Waals surface area contributed by atoms with Crippen molar-refractivity contribution in [3.05, 3.63) is 23.0 Å². The molecular formula is C17H27NO2. The second-order valence-electron chi connectivity index (χ2n) is 6.14. The van der Waals surface area contributed by atoms with Gasteiger partial charge < -0.3 is 9.84 Å². The summed E-state index contributed by atoms with van der Waals surface area (Å²) in [5.41, 5.74) is 3.08. The lowest BCUT2D eigenvalue weighted by Gasteiger charge is -2.24. The number of ether oxygens (including phenoxy) is 1. The second-order valence-corrected chi connectivity index (χ2v) is 6.14. The third-order valence-corrected chi connectivity index (χ3v) is 4.51. The largest absolute Gasteiger partial charge is 0.496 e. The highest BCUT2D eigenvalue weighted by atomic mass is 16.5. The van der Waals surface area contributed by atoms with Gasteiger partial charge in [0.1, 0.15) is 5.75 Å². The van der Waals surface area contributed by atoms with Crippen LogP contribution >= 0.6 is 0 Å². The fourth-order valence-electron chi connectivity index (χ4n) is 3.39. The highest BCUT2D eigenvalue weighted by Gasteiger charge is 2.19. The summed E-state index contributed by atoms with van der Waals surface area (Å²) in [4.78, 5) is 4.48. The average molecular weight is 277 g/mol. The van der Waals surface area contributed by atoms with Crippen molar-refractivity contribution in [1.29, 1.82) is 0 Å². The Bertz CT molecular complexity index is 439. The first-order valence-corrected chi connectivity index (χ1v) is 7.79. The Kier molecular flexibility index (Phi) is 5.41. The van der Waals surface area contributed by atoms with Crippen molar-refractivity contribution in [3.8, 4) is 5.75 Å². The predicted molar refractivity (Wildman–Crippen MR) is 81.2 cm³/mol. The van der Waals surface area contributed by atoms with Crippen LogP contribution in [0.3, 0.4) is 0 Å². The van der Waals surface area contributed by atoms with Crippen LogP contribution in [0.5, 0.6) is 5.75 Å². The van der Waals surface area contributed by atoms with E-state index in [9.17, 15) is 5.11 Å². The normalized spacial score (nSPS) is 18.0. The zero-order chi connectivity index (χ0) is 14.5. The summed E-state index contributed by atoms with van der Waals surface area (Å²) in [5.74, 6) is 1.60. The molecule has 1 saturated carbocycles. The molecule has 1 aliphatic rings. The van der Waals surface area contributed by atoms with E-state index in [1.807, 2.05) is 20.0 Å². The van der Waals surface area contributed by atoms with Gasteiger partial charge in [0.25, 0.3) is 0 Å². The van der Waals surface area contributed by atoms with Crippen LogP contribution in [-0.2, 0) is 6.42 Å². The SMILES string of the molecule is COc1c(C)cnc(CC(O)CC2CCCCC2)c1C. The molecule has 112 valence electrons. The number of hydrogen-bond donors (Lipinski definition) is 1. The van der Waals surface area contributed by atoms with Gasteiger partial charge in [-0.1, -0.05) is 32.1 Å². The maximum absolute atomic E-state index is 10.3. The Morgan fingerprint density at radius 1 is 1.30 bits per heavy atom. The summed E-state index contributed by atoms with van der Waals surface area (Å²) in [5, 5.41) is 10.3. The number of aliphatic hydroxyl groups excluding tert-OH is 1. The molecule has 0 spiro atoms. The van der Waals surface area contributed by atoms with Gasteiger partial charge in [-0.25, -0.2) is 0 Å². The fraction of sp³-hybridized carbons (Fsp3) is 0.706. The minimum absolute atomic E-state index is 0.281. The molecule has 0 saturated heterocycles. The molecule has 1 aromatic heterocycles. The van der Waals surface area contributed by atoms with Gasteiger partial charge in [0, 0.05) is 29.4 Å². The third-order valence-electron chi connectivity index (χ3n) is 4.51. The highest BCUT2D eigenvalue weighted by Crippen LogP contribution is 2.29. The average Bonchev–Trinajstić information content (AvgIpc) is 2.44. The first kappa shape index (κ1) is 15.3. The Labute approximate surface area is 122 Å². The van der Waals surface area contributed by atoms with E-state index in [1.165, 1.54) is 32.1 Å². The lowest BCUT2D eigenvalue weighted by Crippen LogP contribution is -2.19. The minimum atomic E-state index is -0.281. The number of pyridine rings is 1. The molecule has 3 heteroatoms. The summed E-state index contributed by atoms with van der Waals surface area (Å²) >= 11 is 0. The topological polar surface area (TPSA) is 42.4 Å². The Balaban J connectivity index is 1.98. The van der Waals surface area contributed by atoms with Crippen molar-refractivity contribution in [3.63, 3.8) is 0 Å². The Hall–Kier alpha value is -1.09. The van der Waals surface area contributed by atoms with Gasteiger partial charge in [-0.2, -0.15) is 0 Å². The van der Waals surface area contributed by atoms with Crippen molar-refractivity contribution in [2.75, 3.05) is 7.11 Å². The number of aromatic nitrogens is 1. The predicted octanol–water partition coefficient (Wildman–Crippen LogP) is 3.58. The van der Waals surface area contributed by atoms with E-state index in [4.69, 9.17) is 4.74 Å². The van der Waals surface area contributed by atoms with E-state index in [0.29, 0.717) is 12.3 Å². The van der Waals surface area contributed by atoms with Crippen molar-refractivity contribution in [2.24, 2.45) is 5.92 Å². The fourth-order valence-corrected chi connectivity index (χ4v) is 3.39. The quantitative estimate of drug-likeness (QED) is 0.894. The number of rotatable bonds is 5. The van der Waals surface area contributed by atoms with Crippen LogP contribution in [0.15, 0.2) is 6.20 Å². The number of aliphatic hydroxyl groups is 1. The van der Waals surface area contributed by atoms with Crippen LogP contribution in [0, 0.1) is 19.8 Å². The number of aryl methyl sites for hydroxylation is 1. The van der Waals surface area contributed by atoms with Crippen LogP contribution < -0.4 is 4.74 Å². The zero-order valence-electron chi connectivity index (χ0n) is 13.0. The summed E-state index contributed by atoms with van der Waals surface area (Å²) in [6.07, 6.45) is 9.69. The van der Waals surface area contributed by atoms with E-state index < -0.39 is 0 Å². The molecule has 1 aromatic rings. The molecular weight excluding hydrogens is 250 g/mol. The van der Waals surface area contributed by atoms with Gasteiger partial charge in [-0.05, 0) is 26.2 Å². The lowest BCUT2D eigenvalue weighted by molar-refractivity contribution is 0.129. The number of methoxy groups -OCH3 is 1. The molecule has 0 amide bonds. The van der Waals surface area contributed by atoms with Gasteiger partial charge in [0.2, 0.25) is 0 Å². The van der Waals surface area contributed by atoms with Crippen molar-refractivity contribution in [2.45, 2.75) is 64.9 Å². The summed E-state index contributed by atoms with van der Waals surface area (Å²) in [7, 11) is 1.69. The molecule has 0 bridgehead atoms. The van der Waals surface area contributed by atoms with Crippen LogP contribution in [0.25, 0.3) is 0 Å². The van der Waals surface area contributed by atoms with Crippen molar-refractivity contribution in [1.82, 2.24) is 4.98 Å². The van der Waals surface area contributed by atoms with Gasteiger partial charge in [0.05, 0.1) is 13.2 Å². The van der Waals surface area contributed by atoms with Crippen LogP contribution in [0.4, 0.5) is 0 Å². The molecule has 1 aliphatic carbocycles. The molecule has 0 radical (unpaired) electrons. The van der Waals surface area contributed by atoms with Crippen molar-refractivity contribution < 1.29 is 9.84 Å². The smallest absolute Gasteiger partial charge is 0.128 e. The molecule has 1 N–H and O–H groups in total. The van der Waals surface area contributed by atoms with Gasteiger partial charge in [-0.15, -0.1) is 0 Å². The second kappa shape index (κ2) is 7.07.